The van der Waals surface area contributed by atoms with Crippen molar-refractivity contribution in [2.75, 3.05) is 0 Å². The summed E-state index contributed by atoms with van der Waals surface area (Å²) in [7, 11) is 0. The van der Waals surface area contributed by atoms with Crippen LogP contribution in [0.15, 0.2) is 109 Å². The van der Waals surface area contributed by atoms with Gasteiger partial charge >= 0.3 is 50.5 Å². The van der Waals surface area contributed by atoms with Crippen LogP contribution in [0.5, 0.6) is 0 Å². The molecule has 0 fully saturated rings. The Balaban J connectivity index is 0.000000321. The van der Waals surface area contributed by atoms with Crippen molar-refractivity contribution in [3.8, 4) is 22.3 Å². The number of hydrogen-bond acceptors (Lipinski definition) is 0. The van der Waals surface area contributed by atoms with E-state index in [1.54, 1.807) is 72.8 Å². The molecule has 0 unspecified atom stereocenters. The fourth-order valence-corrected chi connectivity index (χ4v) is 4.88. The topological polar surface area (TPSA) is 0 Å². The summed E-state index contributed by atoms with van der Waals surface area (Å²) in [5, 5.41) is 3.03. The van der Waals surface area contributed by atoms with Crippen molar-refractivity contribution in [3.05, 3.63) is 131 Å². The van der Waals surface area contributed by atoms with E-state index in [0.717, 1.165) is 45.8 Å². The molecule has 49 heavy (non-hydrogen) atoms. The van der Waals surface area contributed by atoms with Crippen LogP contribution in [0.3, 0.4) is 0 Å². The van der Waals surface area contributed by atoms with Crippen LogP contribution in [0, 0.1) is 0 Å². The summed E-state index contributed by atoms with van der Waals surface area (Å²) in [6.45, 7) is 0. The van der Waals surface area contributed by atoms with Gasteiger partial charge in [-0.05, 0) is 12.1 Å². The molecule has 0 nitrogen and oxygen atoms in total. The molecule has 6 aromatic rings. The first-order valence-electron chi connectivity index (χ1n) is 13.2. The van der Waals surface area contributed by atoms with Gasteiger partial charge in [0.2, 0.25) is 0 Å². The van der Waals surface area contributed by atoms with Crippen LogP contribution in [0.1, 0.15) is 22.3 Å². The number of halogens is 14. The average Bonchev–Trinajstić information content (AvgIpc) is 3.60. The summed E-state index contributed by atoms with van der Waals surface area (Å²) in [5.74, 6) is 0. The zero-order valence-corrected chi connectivity index (χ0v) is 29.3. The van der Waals surface area contributed by atoms with Gasteiger partial charge in [0, 0.05) is 22.3 Å². The molecule has 15 heteroatoms. The maximum Gasteiger partial charge on any atom is 4.00 e. The van der Waals surface area contributed by atoms with Gasteiger partial charge in [-0.2, -0.15) is 52.7 Å². The predicted molar refractivity (Wildman–Crippen MR) is 150 cm³/mol. The first-order chi connectivity index (χ1) is 21.3. The van der Waals surface area contributed by atoms with Gasteiger partial charge in [0.1, 0.15) is 0 Å². The standard InChI is InChI=1S/2C17H9F6.2ClH.Hf/c2*18-16(19,20)14-7-13(8-15(9-14)17(21,22)23)12-5-10-3-1-2-4-11(10)6-12;;;/h2*1-9H;2*1H;/q2*-1;;;+4/p-2. The number of rotatable bonds is 2. The molecular weight excluding hydrogens is 886 g/mol. The molecule has 0 radical (unpaired) electrons. The van der Waals surface area contributed by atoms with Gasteiger partial charge in [-0.15, -0.1) is 69.1 Å². The van der Waals surface area contributed by atoms with Gasteiger partial charge in [0.15, 0.2) is 0 Å². The zero-order valence-electron chi connectivity index (χ0n) is 24.2. The summed E-state index contributed by atoms with van der Waals surface area (Å²) in [4.78, 5) is 0. The third-order valence-corrected chi connectivity index (χ3v) is 7.08. The molecule has 6 aromatic carbocycles. The Morgan fingerprint density at radius 2 is 0.633 bits per heavy atom. The van der Waals surface area contributed by atoms with Crippen LogP contribution in [-0.2, 0) is 50.5 Å². The van der Waals surface area contributed by atoms with Crippen LogP contribution < -0.4 is 24.8 Å². The molecule has 0 bridgehead atoms. The van der Waals surface area contributed by atoms with E-state index < -0.39 is 47.0 Å². The third kappa shape index (κ3) is 9.91. The van der Waals surface area contributed by atoms with E-state index in [1.807, 2.05) is 0 Å². The molecule has 0 heterocycles. The molecule has 0 atom stereocenters. The minimum atomic E-state index is -4.85. The summed E-state index contributed by atoms with van der Waals surface area (Å²) < 4.78 is 155. The molecular formula is C34H18Cl2F12Hf. The van der Waals surface area contributed by atoms with Crippen molar-refractivity contribution in [3.63, 3.8) is 0 Å². The molecule has 0 aliphatic carbocycles. The third-order valence-electron chi connectivity index (χ3n) is 7.08. The van der Waals surface area contributed by atoms with Gasteiger partial charge in [-0.3, -0.25) is 0 Å². The second-order valence-electron chi connectivity index (χ2n) is 10.3. The van der Waals surface area contributed by atoms with Crippen molar-refractivity contribution < 1.29 is 103 Å². The summed E-state index contributed by atoms with van der Waals surface area (Å²) in [6.07, 6.45) is -19.4. The fraction of sp³-hybridized carbons (Fsp3) is 0.118. The Kier molecular flexibility index (Phi) is 13.1. The van der Waals surface area contributed by atoms with E-state index >= 15 is 0 Å². The Hall–Kier alpha value is -3.29. The Morgan fingerprint density at radius 3 is 0.878 bits per heavy atom. The number of alkyl halides is 12. The maximum atomic E-state index is 12.9. The molecule has 0 spiro atoms. The van der Waals surface area contributed by atoms with Crippen LogP contribution >= 0.6 is 0 Å². The van der Waals surface area contributed by atoms with Gasteiger partial charge < -0.3 is 24.8 Å². The Morgan fingerprint density at radius 1 is 0.367 bits per heavy atom. The minimum Gasteiger partial charge on any atom is -1.00 e. The molecule has 6 rings (SSSR count). The molecule has 0 aliphatic heterocycles. The van der Waals surface area contributed by atoms with E-state index in [1.165, 1.54) is 0 Å². The molecule has 256 valence electrons. The van der Waals surface area contributed by atoms with Gasteiger partial charge in [0.25, 0.3) is 0 Å². The molecule has 0 saturated heterocycles. The van der Waals surface area contributed by atoms with E-state index in [4.69, 9.17) is 0 Å². The van der Waals surface area contributed by atoms with Crippen molar-refractivity contribution in [2.24, 2.45) is 0 Å². The zero-order chi connectivity index (χ0) is 33.7. The van der Waals surface area contributed by atoms with E-state index in [-0.39, 0.29) is 73.9 Å². The van der Waals surface area contributed by atoms with E-state index in [0.29, 0.717) is 11.1 Å². The molecule has 0 saturated carbocycles. The largest absolute Gasteiger partial charge is 4.00 e. The first kappa shape index (κ1) is 41.9. The summed E-state index contributed by atoms with van der Waals surface area (Å²) in [6, 6.07) is 23.5. The Labute approximate surface area is 302 Å². The Bertz CT molecular complexity index is 1740. The second kappa shape index (κ2) is 15.3. The van der Waals surface area contributed by atoms with Gasteiger partial charge in [0.05, 0.1) is 0 Å². The molecule has 0 aliphatic rings. The quantitative estimate of drug-likeness (QED) is 0.106. The van der Waals surface area contributed by atoms with E-state index in [9.17, 15) is 52.7 Å². The van der Waals surface area contributed by atoms with Gasteiger partial charge in [-0.1, -0.05) is 71.8 Å². The van der Waals surface area contributed by atoms with Crippen molar-refractivity contribution >= 4 is 21.5 Å². The summed E-state index contributed by atoms with van der Waals surface area (Å²) >= 11 is 0. The smallest absolute Gasteiger partial charge is 1.00 e. The minimum absolute atomic E-state index is 0. The second-order valence-corrected chi connectivity index (χ2v) is 10.3. The normalized spacial score (nSPS) is 12.0. The number of benzene rings is 4. The van der Waals surface area contributed by atoms with Crippen LogP contribution in [0.4, 0.5) is 52.7 Å². The summed E-state index contributed by atoms with van der Waals surface area (Å²) in [5.41, 5.74) is -4.82. The first-order valence-corrected chi connectivity index (χ1v) is 13.2. The van der Waals surface area contributed by atoms with Crippen LogP contribution in [0.25, 0.3) is 43.8 Å². The average molecular weight is 904 g/mol. The number of hydrogen-bond donors (Lipinski definition) is 0. The predicted octanol–water partition coefficient (Wildman–Crippen LogP) is 6.53. The molecule has 0 amide bonds. The maximum absolute atomic E-state index is 12.9. The van der Waals surface area contributed by atoms with Crippen molar-refractivity contribution in [2.45, 2.75) is 24.7 Å². The monoisotopic (exact) mass is 904 g/mol. The molecule has 0 aromatic heterocycles. The van der Waals surface area contributed by atoms with Crippen LogP contribution in [-0.4, -0.2) is 0 Å². The number of fused-ring (bicyclic) bond motifs is 2. The van der Waals surface area contributed by atoms with Crippen molar-refractivity contribution in [1.82, 2.24) is 0 Å². The molecule has 0 N–H and O–H groups in total. The van der Waals surface area contributed by atoms with E-state index in [2.05, 4.69) is 0 Å². The van der Waals surface area contributed by atoms with Gasteiger partial charge in [-0.25, -0.2) is 0 Å². The SMILES string of the molecule is FC(F)(F)c1cc(-c2cc3ccccc3[cH-]2)cc(C(F)(F)F)c1.FC(F)(F)c1cc(-c2cc3ccccc3[cH-]2)cc(C(F)(F)F)c1.[Cl-].[Cl-].[Hf+4]. The van der Waals surface area contributed by atoms with Crippen LogP contribution in [0.2, 0.25) is 0 Å². The fourth-order valence-electron chi connectivity index (χ4n) is 4.88. The van der Waals surface area contributed by atoms with Crippen molar-refractivity contribution in [1.29, 1.82) is 0 Å².